The lowest BCUT2D eigenvalue weighted by molar-refractivity contribution is 1.29. The van der Waals surface area contributed by atoms with E-state index in [1.807, 2.05) is 24.4 Å². The first-order chi connectivity index (χ1) is 9.92. The fourth-order valence-electron chi connectivity index (χ4n) is 2.75. The average molecular weight is 255 g/mol. The zero-order chi connectivity index (χ0) is 13.4. The maximum absolute atomic E-state index is 4.38. The first-order valence-electron chi connectivity index (χ1n) is 6.75. The van der Waals surface area contributed by atoms with Crippen molar-refractivity contribution >= 4 is 12.2 Å². The van der Waals surface area contributed by atoms with Crippen LogP contribution in [0.4, 0.5) is 0 Å². The number of hydrogen-bond acceptors (Lipinski definition) is 1. The Labute approximate surface area is 117 Å². The fraction of sp³-hybridized carbons (Fsp3) is 0. The predicted octanol–water partition coefficient (Wildman–Crippen LogP) is 2.72. The molecule has 2 aromatic carbocycles. The van der Waals surface area contributed by atoms with E-state index in [1.54, 1.807) is 0 Å². The van der Waals surface area contributed by atoms with Gasteiger partial charge >= 0.3 is 0 Å². The Balaban J connectivity index is 2.00. The normalized spacial score (nSPS) is 12.7. The maximum atomic E-state index is 4.38. The third kappa shape index (κ3) is 1.76. The summed E-state index contributed by atoms with van der Waals surface area (Å²) in [5.41, 5.74) is 4.92. The molecule has 20 heavy (non-hydrogen) atoms. The van der Waals surface area contributed by atoms with E-state index in [2.05, 4.69) is 59.6 Å². The van der Waals surface area contributed by atoms with Gasteiger partial charge in [0.05, 0.1) is 5.69 Å². The van der Waals surface area contributed by atoms with Gasteiger partial charge in [0.1, 0.15) is 0 Å². The van der Waals surface area contributed by atoms with E-state index in [9.17, 15) is 0 Å². The van der Waals surface area contributed by atoms with Crippen LogP contribution in [0.2, 0.25) is 0 Å². The number of aromatic nitrogens is 1. The molecule has 0 aliphatic heterocycles. The first-order valence-corrected chi connectivity index (χ1v) is 6.75. The molecule has 1 heteroatoms. The predicted molar refractivity (Wildman–Crippen MR) is 82.5 cm³/mol. The van der Waals surface area contributed by atoms with Gasteiger partial charge in [-0.25, -0.2) is 0 Å². The van der Waals surface area contributed by atoms with Crippen molar-refractivity contribution in [2.75, 3.05) is 0 Å². The zero-order valence-electron chi connectivity index (χ0n) is 11.0. The Bertz CT molecular complexity index is 893. The number of benzene rings is 2. The van der Waals surface area contributed by atoms with Crippen molar-refractivity contribution in [2.45, 2.75) is 0 Å². The van der Waals surface area contributed by atoms with Crippen LogP contribution in [0.1, 0.15) is 11.3 Å². The Morgan fingerprint density at radius 2 is 1.60 bits per heavy atom. The lowest BCUT2D eigenvalue weighted by atomic mass is 10.0. The molecule has 3 aromatic rings. The highest BCUT2D eigenvalue weighted by Crippen LogP contribution is 2.24. The Kier molecular flexibility index (Phi) is 2.49. The third-order valence-corrected chi connectivity index (χ3v) is 3.68. The zero-order valence-corrected chi connectivity index (χ0v) is 11.0. The van der Waals surface area contributed by atoms with Crippen LogP contribution in [-0.2, 0) is 0 Å². The van der Waals surface area contributed by atoms with Crippen molar-refractivity contribution in [2.24, 2.45) is 0 Å². The second kappa shape index (κ2) is 4.46. The number of nitrogens with zero attached hydrogens (tertiary/aromatic N) is 1. The standard InChI is InChI=1S/C19H13N/c1-2-9-17-15(6-1)13-19-14(7-5-10-18(17)19)12-16-8-3-4-11-20-16/h1-13H. The van der Waals surface area contributed by atoms with Crippen LogP contribution >= 0.6 is 0 Å². The molecule has 0 N–H and O–H groups in total. The number of rotatable bonds is 1. The van der Waals surface area contributed by atoms with Gasteiger partial charge in [-0.3, -0.25) is 4.98 Å². The van der Waals surface area contributed by atoms with Gasteiger partial charge in [-0.05, 0) is 51.4 Å². The van der Waals surface area contributed by atoms with E-state index in [1.165, 1.54) is 27.1 Å². The quantitative estimate of drug-likeness (QED) is 0.509. The minimum atomic E-state index is 0.991. The molecule has 1 heterocycles. The molecule has 0 fully saturated rings. The van der Waals surface area contributed by atoms with Crippen LogP contribution in [0.15, 0.2) is 66.9 Å². The van der Waals surface area contributed by atoms with Gasteiger partial charge in [0.2, 0.25) is 0 Å². The highest BCUT2D eigenvalue weighted by molar-refractivity contribution is 5.83. The molecule has 1 aliphatic carbocycles. The maximum Gasteiger partial charge on any atom is 0.0635 e. The van der Waals surface area contributed by atoms with Crippen LogP contribution in [0.3, 0.4) is 0 Å². The minimum absolute atomic E-state index is 0.991. The highest BCUT2D eigenvalue weighted by atomic mass is 14.6. The van der Waals surface area contributed by atoms with Crippen molar-refractivity contribution in [3.05, 3.63) is 88.6 Å². The SMILES string of the molecule is C(c1ccccn1)=c1cccc2c1=Cc1ccccc1-2. The van der Waals surface area contributed by atoms with Gasteiger partial charge in [-0.15, -0.1) is 0 Å². The third-order valence-electron chi connectivity index (χ3n) is 3.68. The monoisotopic (exact) mass is 255 g/mol. The molecule has 0 spiro atoms. The van der Waals surface area contributed by atoms with Crippen LogP contribution in [0, 0.1) is 0 Å². The van der Waals surface area contributed by atoms with Crippen molar-refractivity contribution in [1.82, 2.24) is 4.98 Å². The molecule has 0 amide bonds. The second-order valence-corrected chi connectivity index (χ2v) is 4.94. The molecule has 94 valence electrons. The molecule has 0 saturated heterocycles. The Hall–Kier alpha value is -2.67. The number of hydrogen-bond donors (Lipinski definition) is 0. The van der Waals surface area contributed by atoms with Gasteiger partial charge in [-0.2, -0.15) is 0 Å². The van der Waals surface area contributed by atoms with E-state index >= 15 is 0 Å². The van der Waals surface area contributed by atoms with E-state index in [0.29, 0.717) is 0 Å². The molecule has 4 rings (SSSR count). The summed E-state index contributed by atoms with van der Waals surface area (Å²) < 4.78 is 0. The molecule has 0 bridgehead atoms. The summed E-state index contributed by atoms with van der Waals surface area (Å²) in [6.45, 7) is 0. The molecule has 0 unspecified atom stereocenters. The number of pyridine rings is 1. The molecular weight excluding hydrogens is 242 g/mol. The fourth-order valence-corrected chi connectivity index (χ4v) is 2.75. The molecule has 1 nitrogen and oxygen atoms in total. The summed E-state index contributed by atoms with van der Waals surface area (Å²) >= 11 is 0. The molecule has 0 saturated carbocycles. The van der Waals surface area contributed by atoms with Gasteiger partial charge in [0, 0.05) is 6.20 Å². The van der Waals surface area contributed by atoms with Crippen molar-refractivity contribution in [3.63, 3.8) is 0 Å². The van der Waals surface area contributed by atoms with Crippen LogP contribution in [-0.4, -0.2) is 4.98 Å². The molecule has 0 radical (unpaired) electrons. The summed E-state index contributed by atoms with van der Waals surface area (Å²) in [7, 11) is 0. The first kappa shape index (κ1) is 11.2. The Morgan fingerprint density at radius 3 is 2.50 bits per heavy atom. The topological polar surface area (TPSA) is 12.9 Å². The second-order valence-electron chi connectivity index (χ2n) is 4.94. The largest absolute Gasteiger partial charge is 0.257 e. The molecule has 0 atom stereocenters. The van der Waals surface area contributed by atoms with E-state index in [4.69, 9.17) is 0 Å². The van der Waals surface area contributed by atoms with Crippen LogP contribution in [0.5, 0.6) is 0 Å². The van der Waals surface area contributed by atoms with E-state index in [-0.39, 0.29) is 0 Å². The molecule has 1 aromatic heterocycles. The highest BCUT2D eigenvalue weighted by Gasteiger charge is 2.10. The lowest BCUT2D eigenvalue weighted by Gasteiger charge is -2.00. The summed E-state index contributed by atoms with van der Waals surface area (Å²) in [5.74, 6) is 0. The van der Waals surface area contributed by atoms with Crippen LogP contribution in [0.25, 0.3) is 23.3 Å². The molecular formula is C19H13N. The number of fused-ring (bicyclic) bond motifs is 3. The van der Waals surface area contributed by atoms with Gasteiger partial charge in [0.15, 0.2) is 0 Å². The van der Waals surface area contributed by atoms with Gasteiger partial charge in [0.25, 0.3) is 0 Å². The van der Waals surface area contributed by atoms with Crippen LogP contribution < -0.4 is 10.4 Å². The molecule has 1 aliphatic rings. The summed E-state index contributed by atoms with van der Waals surface area (Å²) in [5, 5.41) is 2.51. The Morgan fingerprint density at radius 1 is 0.750 bits per heavy atom. The average Bonchev–Trinajstić information content (AvgIpc) is 2.88. The minimum Gasteiger partial charge on any atom is -0.257 e. The summed E-state index contributed by atoms with van der Waals surface area (Å²) in [4.78, 5) is 4.38. The summed E-state index contributed by atoms with van der Waals surface area (Å²) in [6.07, 6.45) is 6.23. The van der Waals surface area contributed by atoms with Crippen molar-refractivity contribution in [1.29, 1.82) is 0 Å². The van der Waals surface area contributed by atoms with Crippen molar-refractivity contribution < 1.29 is 0 Å². The van der Waals surface area contributed by atoms with E-state index in [0.717, 1.165) is 5.69 Å². The van der Waals surface area contributed by atoms with Gasteiger partial charge < -0.3 is 0 Å². The van der Waals surface area contributed by atoms with Crippen molar-refractivity contribution in [3.8, 4) is 11.1 Å². The summed E-state index contributed by atoms with van der Waals surface area (Å²) in [6, 6.07) is 21.0. The van der Waals surface area contributed by atoms with Gasteiger partial charge in [-0.1, -0.05) is 48.5 Å². The van der Waals surface area contributed by atoms with E-state index < -0.39 is 0 Å². The smallest absolute Gasteiger partial charge is 0.0635 e. The lowest BCUT2D eigenvalue weighted by Crippen LogP contribution is -2.24.